The third-order valence-electron chi connectivity index (χ3n) is 4.77. The number of nitrogens with zero attached hydrogens (tertiary/aromatic N) is 4. The van der Waals surface area contributed by atoms with Crippen LogP contribution in [-0.4, -0.2) is 32.2 Å². The van der Waals surface area contributed by atoms with Crippen molar-refractivity contribution in [2.24, 2.45) is 7.05 Å². The molecule has 0 saturated heterocycles. The van der Waals surface area contributed by atoms with E-state index < -0.39 is 0 Å². The smallest absolute Gasteiger partial charge is 0.319 e. The summed E-state index contributed by atoms with van der Waals surface area (Å²) in [6.07, 6.45) is 5.23. The molecule has 0 saturated carbocycles. The van der Waals surface area contributed by atoms with Crippen molar-refractivity contribution in [3.63, 3.8) is 0 Å². The molecule has 0 atom stereocenters. The molecule has 0 fully saturated rings. The van der Waals surface area contributed by atoms with Crippen LogP contribution in [0.3, 0.4) is 0 Å². The molecule has 1 aliphatic heterocycles. The Hall–Kier alpha value is -3.22. The van der Waals surface area contributed by atoms with Crippen molar-refractivity contribution in [1.29, 1.82) is 0 Å². The Bertz CT molecular complexity index is 970. The molecule has 1 aromatic carbocycles. The van der Waals surface area contributed by atoms with Crippen molar-refractivity contribution in [2.75, 3.05) is 11.9 Å². The Morgan fingerprint density at radius 1 is 1.26 bits per heavy atom. The van der Waals surface area contributed by atoms with E-state index in [2.05, 4.69) is 15.4 Å². The van der Waals surface area contributed by atoms with Gasteiger partial charge >= 0.3 is 6.03 Å². The number of hydrogen-bond donors (Lipinski definition) is 1. The number of rotatable bonds is 2. The molecule has 3 heterocycles. The molecule has 3 aromatic rings. The summed E-state index contributed by atoms with van der Waals surface area (Å²) in [7, 11) is 1.90. The summed E-state index contributed by atoms with van der Waals surface area (Å²) in [5, 5.41) is 7.44. The number of hydrogen-bond acceptors (Lipinski definition) is 3. The molecule has 1 aliphatic rings. The van der Waals surface area contributed by atoms with Gasteiger partial charge in [-0.25, -0.2) is 9.18 Å². The van der Waals surface area contributed by atoms with Crippen molar-refractivity contribution in [1.82, 2.24) is 19.7 Å². The number of anilines is 1. The summed E-state index contributed by atoms with van der Waals surface area (Å²) in [5.41, 5.74) is 4.53. The minimum Gasteiger partial charge on any atom is -0.319 e. The van der Waals surface area contributed by atoms with E-state index in [0.29, 0.717) is 18.8 Å². The van der Waals surface area contributed by atoms with E-state index in [1.54, 1.807) is 23.2 Å². The number of aryl methyl sites for hydroxylation is 1. The van der Waals surface area contributed by atoms with Gasteiger partial charge in [0.2, 0.25) is 0 Å². The van der Waals surface area contributed by atoms with Crippen LogP contribution in [0, 0.1) is 5.82 Å². The number of nitrogens with one attached hydrogen (secondary N) is 1. The zero-order chi connectivity index (χ0) is 18.8. The number of benzene rings is 1. The summed E-state index contributed by atoms with van der Waals surface area (Å²) in [6, 6.07) is 9.56. The largest absolute Gasteiger partial charge is 0.322 e. The predicted octanol–water partition coefficient (Wildman–Crippen LogP) is 3.60. The molecule has 0 bridgehead atoms. The van der Waals surface area contributed by atoms with Gasteiger partial charge in [-0.2, -0.15) is 5.10 Å². The van der Waals surface area contributed by atoms with Crippen LogP contribution in [0.1, 0.15) is 17.7 Å². The number of carbonyl (C=O) groups is 1. The highest BCUT2D eigenvalue weighted by atomic mass is 19.1. The first-order valence-corrected chi connectivity index (χ1v) is 8.88. The lowest BCUT2D eigenvalue weighted by Gasteiger charge is -2.21. The normalized spacial score (nSPS) is 13.8. The van der Waals surface area contributed by atoms with E-state index in [0.717, 1.165) is 35.4 Å². The highest BCUT2D eigenvalue weighted by Crippen LogP contribution is 2.29. The van der Waals surface area contributed by atoms with Gasteiger partial charge in [-0.05, 0) is 43.2 Å². The molecule has 27 heavy (non-hydrogen) atoms. The molecule has 2 aromatic heterocycles. The van der Waals surface area contributed by atoms with E-state index in [9.17, 15) is 9.18 Å². The molecule has 138 valence electrons. The molecule has 0 unspecified atom stereocenters. The Morgan fingerprint density at radius 3 is 2.93 bits per heavy atom. The van der Waals surface area contributed by atoms with Crippen molar-refractivity contribution in [3.05, 3.63) is 65.9 Å². The van der Waals surface area contributed by atoms with E-state index in [-0.39, 0.29) is 11.8 Å². The van der Waals surface area contributed by atoms with E-state index >= 15 is 0 Å². The zero-order valence-electron chi connectivity index (χ0n) is 15.0. The molecular weight excluding hydrogens is 345 g/mol. The lowest BCUT2D eigenvalue weighted by Crippen LogP contribution is -2.35. The Balaban J connectivity index is 1.58. The fourth-order valence-corrected chi connectivity index (χ4v) is 3.45. The van der Waals surface area contributed by atoms with Crippen LogP contribution in [0.25, 0.3) is 11.3 Å². The molecule has 0 radical (unpaired) electrons. The quantitative estimate of drug-likeness (QED) is 0.755. The van der Waals surface area contributed by atoms with Gasteiger partial charge in [-0.15, -0.1) is 0 Å². The number of halogens is 1. The third kappa shape index (κ3) is 3.53. The van der Waals surface area contributed by atoms with Crippen LogP contribution in [-0.2, 0) is 20.0 Å². The number of pyridine rings is 1. The molecular formula is C20H20FN5O. The Labute approximate surface area is 156 Å². The van der Waals surface area contributed by atoms with Crippen molar-refractivity contribution in [2.45, 2.75) is 19.4 Å². The van der Waals surface area contributed by atoms with Crippen LogP contribution >= 0.6 is 0 Å². The molecule has 2 amide bonds. The van der Waals surface area contributed by atoms with Crippen molar-refractivity contribution in [3.8, 4) is 11.3 Å². The highest BCUT2D eigenvalue weighted by molar-refractivity contribution is 5.89. The highest BCUT2D eigenvalue weighted by Gasteiger charge is 2.25. The summed E-state index contributed by atoms with van der Waals surface area (Å²) in [4.78, 5) is 18.6. The van der Waals surface area contributed by atoms with Gasteiger partial charge in [-0.1, -0.05) is 6.07 Å². The van der Waals surface area contributed by atoms with Gasteiger partial charge in [0.1, 0.15) is 5.82 Å². The maximum atomic E-state index is 13.4. The average Bonchev–Trinajstić information content (AvgIpc) is 2.84. The lowest BCUT2D eigenvalue weighted by molar-refractivity contribution is 0.208. The summed E-state index contributed by atoms with van der Waals surface area (Å²) >= 11 is 0. The van der Waals surface area contributed by atoms with Crippen LogP contribution in [0.4, 0.5) is 14.9 Å². The van der Waals surface area contributed by atoms with Gasteiger partial charge in [0, 0.05) is 42.8 Å². The van der Waals surface area contributed by atoms with Gasteiger partial charge < -0.3 is 10.2 Å². The van der Waals surface area contributed by atoms with Crippen molar-refractivity contribution >= 4 is 11.7 Å². The third-order valence-corrected chi connectivity index (χ3v) is 4.77. The molecule has 0 aliphatic carbocycles. The predicted molar refractivity (Wildman–Crippen MR) is 101 cm³/mol. The molecule has 6 nitrogen and oxygen atoms in total. The minimum atomic E-state index is -0.376. The number of amides is 2. The second-order valence-corrected chi connectivity index (χ2v) is 6.60. The fraction of sp³-hybridized carbons (Fsp3) is 0.250. The second-order valence-electron chi connectivity index (χ2n) is 6.60. The minimum absolute atomic E-state index is 0.238. The number of urea groups is 1. The first kappa shape index (κ1) is 17.2. The van der Waals surface area contributed by atoms with E-state index in [1.165, 1.54) is 12.1 Å². The Morgan fingerprint density at radius 2 is 2.15 bits per heavy atom. The molecule has 7 heteroatoms. The summed E-state index contributed by atoms with van der Waals surface area (Å²) in [5.74, 6) is -0.376. The second kappa shape index (κ2) is 7.19. The monoisotopic (exact) mass is 365 g/mol. The molecule has 4 rings (SSSR count). The first-order chi connectivity index (χ1) is 13.1. The average molecular weight is 365 g/mol. The van der Waals surface area contributed by atoms with Crippen LogP contribution in [0.15, 0.2) is 48.8 Å². The number of aromatic nitrogens is 3. The SMILES string of the molecule is Cn1nc(-c2cccnc2)c2c1CN(C(=O)Nc1cccc(F)c1)CCC2. The summed E-state index contributed by atoms with van der Waals surface area (Å²) in [6.45, 7) is 1.09. The van der Waals surface area contributed by atoms with E-state index in [1.807, 2.05) is 30.1 Å². The maximum Gasteiger partial charge on any atom is 0.322 e. The maximum absolute atomic E-state index is 13.4. The van der Waals surface area contributed by atoms with E-state index in [4.69, 9.17) is 0 Å². The van der Waals surface area contributed by atoms with Gasteiger partial charge in [0.05, 0.1) is 17.9 Å². The van der Waals surface area contributed by atoms with Gasteiger partial charge in [0.25, 0.3) is 0 Å². The van der Waals surface area contributed by atoms with Gasteiger partial charge in [0.15, 0.2) is 0 Å². The topological polar surface area (TPSA) is 63.1 Å². The first-order valence-electron chi connectivity index (χ1n) is 8.88. The van der Waals surface area contributed by atoms with Crippen LogP contribution in [0.5, 0.6) is 0 Å². The molecule has 1 N–H and O–H groups in total. The number of carbonyl (C=O) groups excluding carboxylic acids is 1. The lowest BCUT2D eigenvalue weighted by atomic mass is 10.0. The fourth-order valence-electron chi connectivity index (χ4n) is 3.45. The van der Waals surface area contributed by atoms with Gasteiger partial charge in [-0.3, -0.25) is 9.67 Å². The van der Waals surface area contributed by atoms with Crippen LogP contribution in [0.2, 0.25) is 0 Å². The standard InChI is InChI=1S/C20H20FN5O/c1-25-18-13-26(20(27)23-16-7-2-6-15(21)11-16)10-4-8-17(18)19(24-25)14-5-3-9-22-12-14/h2-3,5-7,9,11-12H,4,8,10,13H2,1H3,(H,23,27). The summed E-state index contributed by atoms with van der Waals surface area (Å²) < 4.78 is 15.2. The zero-order valence-corrected chi connectivity index (χ0v) is 15.0. The van der Waals surface area contributed by atoms with Crippen LogP contribution < -0.4 is 5.32 Å². The Kier molecular flexibility index (Phi) is 4.58. The number of fused-ring (bicyclic) bond motifs is 1. The van der Waals surface area contributed by atoms with Crippen molar-refractivity contribution < 1.29 is 9.18 Å². The molecule has 0 spiro atoms.